The van der Waals surface area contributed by atoms with Crippen molar-refractivity contribution >= 4 is 30.4 Å². The summed E-state index contributed by atoms with van der Waals surface area (Å²) in [6.07, 6.45) is 0.0183. The van der Waals surface area contributed by atoms with Crippen LogP contribution in [0.4, 0.5) is 4.39 Å². The van der Waals surface area contributed by atoms with Gasteiger partial charge in [-0.15, -0.1) is 0 Å². The highest BCUT2D eigenvalue weighted by Gasteiger charge is 2.30. The van der Waals surface area contributed by atoms with Gasteiger partial charge in [-0.25, -0.2) is 4.39 Å². The second-order valence-electron chi connectivity index (χ2n) is 2.37. The Morgan fingerprint density at radius 2 is 2.44 bits per heavy atom. The molecule has 1 heterocycles. The Hall–Kier alpha value is 0.685. The van der Waals surface area contributed by atoms with Crippen molar-refractivity contribution in [3.8, 4) is 0 Å². The molecule has 0 radical (unpaired) electrons. The first kappa shape index (κ1) is 7.79. The molecule has 52 valence electrons. The summed E-state index contributed by atoms with van der Waals surface area (Å²) >= 11 is 2.22. The van der Waals surface area contributed by atoms with Crippen molar-refractivity contribution in [2.75, 3.05) is 4.43 Å². The molecular formula is C5H9BFIO. The fourth-order valence-electron chi connectivity index (χ4n) is 0.987. The zero-order chi connectivity index (χ0) is 6.85. The van der Waals surface area contributed by atoms with E-state index in [1.54, 1.807) is 7.85 Å². The molecule has 1 saturated heterocycles. The number of alkyl halides is 2. The van der Waals surface area contributed by atoms with Gasteiger partial charge >= 0.3 is 0 Å². The smallest absolute Gasteiger partial charge is 0.143 e. The third kappa shape index (κ3) is 1.80. The standard InChI is InChI=1S/C5H9BFIO/c6-5-4(7)1-3(2-8)9-5/h3-5H,1-2,6H2/t3-,4+,5+/m0/s1. The van der Waals surface area contributed by atoms with Crippen LogP contribution >= 0.6 is 22.6 Å². The van der Waals surface area contributed by atoms with Crippen molar-refractivity contribution in [3.63, 3.8) is 0 Å². The van der Waals surface area contributed by atoms with Crippen LogP contribution in [0.15, 0.2) is 0 Å². The highest BCUT2D eigenvalue weighted by molar-refractivity contribution is 14.1. The Morgan fingerprint density at radius 1 is 1.78 bits per heavy atom. The van der Waals surface area contributed by atoms with Crippen molar-refractivity contribution < 1.29 is 9.13 Å². The van der Waals surface area contributed by atoms with Crippen LogP contribution in [0.5, 0.6) is 0 Å². The lowest BCUT2D eigenvalue weighted by Crippen LogP contribution is -2.16. The summed E-state index contributed by atoms with van der Waals surface area (Å²) in [4.78, 5) is 0. The molecule has 0 bridgehead atoms. The zero-order valence-electron chi connectivity index (χ0n) is 5.31. The molecular weight excluding hydrogens is 233 g/mol. The second kappa shape index (κ2) is 3.19. The third-order valence-electron chi connectivity index (χ3n) is 1.58. The summed E-state index contributed by atoms with van der Waals surface area (Å²) in [7, 11) is 1.79. The maximum absolute atomic E-state index is 12.6. The summed E-state index contributed by atoms with van der Waals surface area (Å²) in [5.41, 5.74) is 0. The van der Waals surface area contributed by atoms with Crippen molar-refractivity contribution in [1.29, 1.82) is 0 Å². The Labute approximate surface area is 68.9 Å². The number of hydrogen-bond acceptors (Lipinski definition) is 1. The highest BCUT2D eigenvalue weighted by atomic mass is 127. The van der Waals surface area contributed by atoms with E-state index in [0.717, 1.165) is 4.43 Å². The average Bonchev–Trinajstić information content (AvgIpc) is 2.13. The lowest BCUT2D eigenvalue weighted by Gasteiger charge is -2.05. The molecule has 0 aromatic heterocycles. The first-order valence-corrected chi connectivity index (χ1v) is 4.62. The van der Waals surface area contributed by atoms with Crippen molar-refractivity contribution in [1.82, 2.24) is 0 Å². The van der Waals surface area contributed by atoms with Crippen molar-refractivity contribution in [2.45, 2.75) is 24.7 Å². The molecule has 9 heavy (non-hydrogen) atoms. The van der Waals surface area contributed by atoms with Crippen LogP contribution in [0.25, 0.3) is 0 Å². The molecule has 3 atom stereocenters. The minimum atomic E-state index is -0.732. The van der Waals surface area contributed by atoms with E-state index in [-0.39, 0.29) is 12.1 Å². The van der Waals surface area contributed by atoms with Gasteiger partial charge in [0.25, 0.3) is 0 Å². The lowest BCUT2D eigenvalue weighted by atomic mass is 9.96. The van der Waals surface area contributed by atoms with E-state index in [1.165, 1.54) is 0 Å². The van der Waals surface area contributed by atoms with Gasteiger partial charge in [0.15, 0.2) is 0 Å². The molecule has 0 amide bonds. The maximum atomic E-state index is 12.6. The summed E-state index contributed by atoms with van der Waals surface area (Å²) in [6.45, 7) is 0. The minimum absolute atomic E-state index is 0.163. The fraction of sp³-hybridized carbons (Fsp3) is 1.00. The van der Waals surface area contributed by atoms with Crippen LogP contribution in [0.2, 0.25) is 0 Å². The average molecular weight is 242 g/mol. The van der Waals surface area contributed by atoms with Crippen molar-refractivity contribution in [3.05, 3.63) is 0 Å². The van der Waals surface area contributed by atoms with Gasteiger partial charge in [0.1, 0.15) is 14.0 Å². The summed E-state index contributed by atoms with van der Waals surface area (Å²) in [5, 5.41) is 0. The van der Waals surface area contributed by atoms with E-state index in [1.807, 2.05) is 0 Å². The lowest BCUT2D eigenvalue weighted by molar-refractivity contribution is 0.0920. The van der Waals surface area contributed by atoms with Gasteiger partial charge in [-0.1, -0.05) is 22.6 Å². The van der Waals surface area contributed by atoms with E-state index < -0.39 is 6.17 Å². The molecule has 1 rings (SSSR count). The number of rotatable bonds is 1. The van der Waals surface area contributed by atoms with E-state index in [0.29, 0.717) is 6.42 Å². The van der Waals surface area contributed by atoms with E-state index in [9.17, 15) is 4.39 Å². The first-order chi connectivity index (χ1) is 4.24. The molecule has 0 spiro atoms. The van der Waals surface area contributed by atoms with E-state index >= 15 is 0 Å². The normalized spacial score (nSPS) is 43.6. The minimum Gasteiger partial charge on any atom is -0.380 e. The number of ether oxygens (including phenoxy) is 1. The molecule has 0 saturated carbocycles. The highest BCUT2D eigenvalue weighted by Crippen LogP contribution is 2.22. The Balaban J connectivity index is 2.35. The molecule has 0 aromatic carbocycles. The largest absolute Gasteiger partial charge is 0.380 e. The van der Waals surface area contributed by atoms with Crippen LogP contribution in [-0.2, 0) is 4.74 Å². The molecule has 0 unspecified atom stereocenters. The quantitative estimate of drug-likeness (QED) is 0.369. The van der Waals surface area contributed by atoms with Crippen molar-refractivity contribution in [2.24, 2.45) is 0 Å². The molecule has 1 aliphatic rings. The molecule has 4 heteroatoms. The molecule has 1 nitrogen and oxygen atoms in total. The number of halogens is 2. The van der Waals surface area contributed by atoms with Crippen LogP contribution in [0.1, 0.15) is 6.42 Å². The van der Waals surface area contributed by atoms with Crippen LogP contribution in [0.3, 0.4) is 0 Å². The molecule has 1 aliphatic heterocycles. The van der Waals surface area contributed by atoms with Crippen LogP contribution in [0, 0.1) is 0 Å². The SMILES string of the molecule is B[C@@H]1O[C@H](CI)C[C@H]1F. The topological polar surface area (TPSA) is 9.23 Å². The van der Waals surface area contributed by atoms with Gasteiger partial charge in [0.05, 0.1) is 12.1 Å². The summed E-state index contributed by atoms with van der Waals surface area (Å²) < 4.78 is 18.8. The predicted molar refractivity (Wildman–Crippen MR) is 45.6 cm³/mol. The second-order valence-corrected chi connectivity index (χ2v) is 3.25. The van der Waals surface area contributed by atoms with Gasteiger partial charge in [-0.3, -0.25) is 0 Å². The van der Waals surface area contributed by atoms with E-state index in [2.05, 4.69) is 22.6 Å². The third-order valence-corrected chi connectivity index (χ3v) is 2.56. The summed E-state index contributed by atoms with van der Waals surface area (Å²) in [6, 6.07) is -0.176. The predicted octanol–water partition coefficient (Wildman–Crippen LogP) is 0.508. The number of hydrogen-bond donors (Lipinski definition) is 0. The van der Waals surface area contributed by atoms with Gasteiger partial charge in [-0.05, 0) is 0 Å². The molecule has 0 aromatic rings. The summed E-state index contributed by atoms with van der Waals surface area (Å²) in [5.74, 6) is 0. The monoisotopic (exact) mass is 242 g/mol. The van der Waals surface area contributed by atoms with Gasteiger partial charge in [0, 0.05) is 10.8 Å². The Kier molecular flexibility index (Phi) is 2.76. The molecule has 1 fully saturated rings. The van der Waals surface area contributed by atoms with Crippen LogP contribution < -0.4 is 0 Å². The fourth-order valence-corrected chi connectivity index (χ4v) is 1.55. The van der Waals surface area contributed by atoms with Gasteiger partial charge in [-0.2, -0.15) is 0 Å². The Bertz CT molecular complexity index is 93.0. The van der Waals surface area contributed by atoms with Gasteiger partial charge in [0.2, 0.25) is 0 Å². The van der Waals surface area contributed by atoms with Gasteiger partial charge < -0.3 is 4.74 Å². The Morgan fingerprint density at radius 3 is 2.67 bits per heavy atom. The maximum Gasteiger partial charge on any atom is 0.143 e. The van der Waals surface area contributed by atoms with Crippen LogP contribution in [-0.4, -0.2) is 30.6 Å². The first-order valence-electron chi connectivity index (χ1n) is 3.09. The molecule has 0 N–H and O–H groups in total. The zero-order valence-corrected chi connectivity index (χ0v) is 7.47. The van der Waals surface area contributed by atoms with E-state index in [4.69, 9.17) is 4.74 Å². The molecule has 0 aliphatic carbocycles.